The van der Waals surface area contributed by atoms with E-state index in [-0.39, 0.29) is 0 Å². The van der Waals surface area contributed by atoms with Crippen LogP contribution in [0.1, 0.15) is 48.4 Å². The van der Waals surface area contributed by atoms with E-state index in [0.717, 1.165) is 38.0 Å². The Kier molecular flexibility index (Phi) is 4.19. The molecule has 1 aliphatic heterocycles. The number of β-amino-alcohol motifs (C(OH)–C–C–N with tert-alkyl or cyclic N) is 1. The molecule has 2 atom stereocenters. The van der Waals surface area contributed by atoms with Crippen molar-refractivity contribution in [2.45, 2.75) is 44.2 Å². The molecule has 1 saturated heterocycles. The number of likely N-dealkylation sites (tertiary alicyclic amines) is 1. The zero-order valence-electron chi connectivity index (χ0n) is 13.6. The highest BCUT2D eigenvalue weighted by Gasteiger charge is 2.28. The minimum atomic E-state index is -0.397. The van der Waals surface area contributed by atoms with Crippen LogP contribution in [-0.4, -0.2) is 39.2 Å². The van der Waals surface area contributed by atoms with Gasteiger partial charge in [0.2, 0.25) is 0 Å². The van der Waals surface area contributed by atoms with Gasteiger partial charge in [-0.15, -0.1) is 0 Å². The number of hydrogen-bond acceptors (Lipinski definition) is 3. The lowest BCUT2D eigenvalue weighted by atomic mass is 10.0. The first-order valence-corrected chi connectivity index (χ1v) is 8.81. The average Bonchev–Trinajstić information content (AvgIpc) is 3.22. The predicted molar refractivity (Wildman–Crippen MR) is 90.4 cm³/mol. The zero-order chi connectivity index (χ0) is 15.6. The molecule has 23 heavy (non-hydrogen) atoms. The van der Waals surface area contributed by atoms with Crippen molar-refractivity contribution in [1.82, 2.24) is 14.5 Å². The number of aliphatic hydroxyl groups is 1. The van der Waals surface area contributed by atoms with Gasteiger partial charge in [0.05, 0.1) is 18.1 Å². The first kappa shape index (κ1) is 14.9. The molecule has 2 aliphatic rings. The molecule has 2 aromatic rings. The van der Waals surface area contributed by atoms with Crippen LogP contribution in [0.15, 0.2) is 36.7 Å². The fraction of sp³-hybridized carbons (Fsp3) is 0.526. The van der Waals surface area contributed by atoms with Crippen LogP contribution in [0.3, 0.4) is 0 Å². The summed E-state index contributed by atoms with van der Waals surface area (Å²) < 4.78 is 2.42. The van der Waals surface area contributed by atoms with Crippen LogP contribution in [-0.2, 0) is 12.8 Å². The molecule has 0 unspecified atom stereocenters. The lowest BCUT2D eigenvalue weighted by molar-refractivity contribution is 0.124. The van der Waals surface area contributed by atoms with Crippen molar-refractivity contribution in [3.05, 3.63) is 53.6 Å². The Balaban J connectivity index is 1.40. The highest BCUT2D eigenvalue weighted by molar-refractivity contribution is 5.19. The molecule has 4 heteroatoms. The number of aromatic nitrogens is 2. The Bertz CT molecular complexity index is 652. The fourth-order valence-electron chi connectivity index (χ4n) is 4.04. The standard InChI is InChI=1S/C19H25N3O/c23-19(15-6-2-1-3-7-15)13-21-11-10-16(12-21)22-14-20-17-8-4-5-9-18(17)22/h1-3,6-7,14,16,19,23H,4-5,8-13H2/t16-,19-/m0/s1. The maximum absolute atomic E-state index is 10.4. The second-order valence-corrected chi connectivity index (χ2v) is 6.88. The smallest absolute Gasteiger partial charge is 0.0954 e. The molecule has 4 rings (SSSR count). The zero-order valence-corrected chi connectivity index (χ0v) is 13.6. The van der Waals surface area contributed by atoms with Crippen molar-refractivity contribution in [1.29, 1.82) is 0 Å². The lowest BCUT2D eigenvalue weighted by Crippen LogP contribution is -2.27. The number of nitrogens with zero attached hydrogens (tertiary/aromatic N) is 3. The average molecular weight is 311 g/mol. The number of imidazole rings is 1. The summed E-state index contributed by atoms with van der Waals surface area (Å²) in [6.45, 7) is 2.80. The number of benzene rings is 1. The Labute approximate surface area is 137 Å². The van der Waals surface area contributed by atoms with Gasteiger partial charge in [0.15, 0.2) is 0 Å². The monoisotopic (exact) mass is 311 g/mol. The summed E-state index contributed by atoms with van der Waals surface area (Å²) in [5.74, 6) is 0. The van der Waals surface area contributed by atoms with Gasteiger partial charge in [0, 0.05) is 31.4 Å². The van der Waals surface area contributed by atoms with Gasteiger partial charge in [-0.1, -0.05) is 30.3 Å². The molecule has 0 amide bonds. The molecule has 0 saturated carbocycles. The van der Waals surface area contributed by atoms with Gasteiger partial charge in [-0.05, 0) is 37.7 Å². The maximum Gasteiger partial charge on any atom is 0.0954 e. The van der Waals surface area contributed by atoms with Crippen LogP contribution in [0.2, 0.25) is 0 Å². The summed E-state index contributed by atoms with van der Waals surface area (Å²) in [6.07, 6.45) is 7.71. The molecule has 1 N–H and O–H groups in total. The van der Waals surface area contributed by atoms with Gasteiger partial charge in [0.25, 0.3) is 0 Å². The van der Waals surface area contributed by atoms with E-state index < -0.39 is 6.10 Å². The summed E-state index contributed by atoms with van der Waals surface area (Å²) in [5, 5.41) is 10.4. The highest BCUT2D eigenvalue weighted by Crippen LogP contribution is 2.29. The summed E-state index contributed by atoms with van der Waals surface area (Å²) in [5.41, 5.74) is 3.79. The van der Waals surface area contributed by atoms with E-state index in [2.05, 4.69) is 20.8 Å². The third-order valence-electron chi connectivity index (χ3n) is 5.32. The van der Waals surface area contributed by atoms with Crippen molar-refractivity contribution < 1.29 is 5.11 Å². The number of aryl methyl sites for hydroxylation is 1. The van der Waals surface area contributed by atoms with Crippen LogP contribution < -0.4 is 0 Å². The minimum Gasteiger partial charge on any atom is -0.387 e. The van der Waals surface area contributed by atoms with Crippen LogP contribution in [0, 0.1) is 0 Å². The van der Waals surface area contributed by atoms with E-state index >= 15 is 0 Å². The summed E-state index contributed by atoms with van der Waals surface area (Å²) >= 11 is 0. The molecule has 1 aromatic heterocycles. The molecule has 4 nitrogen and oxygen atoms in total. The maximum atomic E-state index is 10.4. The van der Waals surface area contributed by atoms with Crippen LogP contribution in [0.5, 0.6) is 0 Å². The second kappa shape index (κ2) is 6.46. The van der Waals surface area contributed by atoms with Gasteiger partial charge in [-0.3, -0.25) is 4.90 Å². The first-order valence-electron chi connectivity index (χ1n) is 8.81. The largest absolute Gasteiger partial charge is 0.387 e. The Morgan fingerprint density at radius 2 is 2.00 bits per heavy atom. The van der Waals surface area contributed by atoms with Crippen LogP contribution >= 0.6 is 0 Å². The van der Waals surface area contributed by atoms with E-state index in [1.54, 1.807) is 0 Å². The summed E-state index contributed by atoms with van der Waals surface area (Å²) in [6, 6.07) is 10.5. The lowest BCUT2D eigenvalue weighted by Gasteiger charge is -2.22. The second-order valence-electron chi connectivity index (χ2n) is 6.88. The van der Waals surface area contributed by atoms with E-state index in [4.69, 9.17) is 0 Å². The number of aliphatic hydroxyl groups excluding tert-OH is 1. The Hall–Kier alpha value is -1.65. The first-order chi connectivity index (χ1) is 11.3. The third-order valence-corrected chi connectivity index (χ3v) is 5.32. The van der Waals surface area contributed by atoms with Crippen molar-refractivity contribution >= 4 is 0 Å². The number of fused-ring (bicyclic) bond motifs is 1. The number of rotatable bonds is 4. The fourth-order valence-corrected chi connectivity index (χ4v) is 4.04. The molecule has 1 aliphatic carbocycles. The predicted octanol–water partition coefficient (Wildman–Crippen LogP) is 2.74. The molecular weight excluding hydrogens is 286 g/mol. The SMILES string of the molecule is O[C@@H](CN1CC[C@H](n2cnc3c2CCCC3)C1)c1ccccc1. The molecule has 1 fully saturated rings. The van der Waals surface area contributed by atoms with Gasteiger partial charge in [-0.2, -0.15) is 0 Å². The van der Waals surface area contributed by atoms with E-state index in [1.807, 2.05) is 30.3 Å². The molecule has 122 valence electrons. The molecule has 2 heterocycles. The van der Waals surface area contributed by atoms with Crippen molar-refractivity contribution in [2.75, 3.05) is 19.6 Å². The minimum absolute atomic E-state index is 0.397. The summed E-state index contributed by atoms with van der Waals surface area (Å²) in [4.78, 5) is 7.02. The van der Waals surface area contributed by atoms with Gasteiger partial charge in [0.1, 0.15) is 0 Å². The topological polar surface area (TPSA) is 41.3 Å². The summed E-state index contributed by atoms with van der Waals surface area (Å²) in [7, 11) is 0. The van der Waals surface area contributed by atoms with E-state index in [1.165, 1.54) is 30.7 Å². The molecule has 0 spiro atoms. The Morgan fingerprint density at radius 1 is 1.17 bits per heavy atom. The van der Waals surface area contributed by atoms with Crippen molar-refractivity contribution in [3.63, 3.8) is 0 Å². The van der Waals surface area contributed by atoms with Gasteiger partial charge >= 0.3 is 0 Å². The van der Waals surface area contributed by atoms with Crippen molar-refractivity contribution in [2.24, 2.45) is 0 Å². The molecule has 1 aromatic carbocycles. The normalized spacial score (nSPS) is 22.9. The molecular formula is C19H25N3O. The van der Waals surface area contributed by atoms with E-state index in [0.29, 0.717) is 6.04 Å². The highest BCUT2D eigenvalue weighted by atomic mass is 16.3. The van der Waals surface area contributed by atoms with Crippen molar-refractivity contribution in [3.8, 4) is 0 Å². The van der Waals surface area contributed by atoms with Gasteiger partial charge < -0.3 is 9.67 Å². The quantitative estimate of drug-likeness (QED) is 0.944. The van der Waals surface area contributed by atoms with Crippen LogP contribution in [0.4, 0.5) is 0 Å². The third kappa shape index (κ3) is 3.06. The van der Waals surface area contributed by atoms with E-state index in [9.17, 15) is 5.11 Å². The number of hydrogen-bond donors (Lipinski definition) is 1. The Morgan fingerprint density at radius 3 is 2.87 bits per heavy atom. The van der Waals surface area contributed by atoms with Gasteiger partial charge in [-0.25, -0.2) is 4.98 Å². The molecule has 0 radical (unpaired) electrons. The van der Waals surface area contributed by atoms with Crippen LogP contribution in [0.25, 0.3) is 0 Å². The molecule has 0 bridgehead atoms.